The number of anilines is 2. The Balaban J connectivity index is 1.40. The predicted molar refractivity (Wildman–Crippen MR) is 107 cm³/mol. The lowest BCUT2D eigenvalue weighted by molar-refractivity contribution is 0.306. The van der Waals surface area contributed by atoms with Gasteiger partial charge in [0.15, 0.2) is 0 Å². The Bertz CT molecular complexity index is 846. The fraction of sp³-hybridized carbons (Fsp3) is 0.174. The number of para-hydroxylation sites is 2. The maximum Gasteiger partial charge on any atom is 0.142 e. The van der Waals surface area contributed by atoms with Crippen LogP contribution in [0.25, 0.3) is 0 Å². The van der Waals surface area contributed by atoms with E-state index in [9.17, 15) is 0 Å². The molecule has 0 spiro atoms. The first-order valence-corrected chi connectivity index (χ1v) is 9.06. The van der Waals surface area contributed by atoms with Gasteiger partial charge < -0.3 is 14.5 Å². The van der Waals surface area contributed by atoms with E-state index in [1.807, 2.05) is 18.2 Å². The summed E-state index contributed by atoms with van der Waals surface area (Å²) in [5.41, 5.74) is 4.98. The summed E-state index contributed by atoms with van der Waals surface area (Å²) < 4.78 is 5.88. The van der Waals surface area contributed by atoms with Crippen LogP contribution >= 0.6 is 0 Å². The highest BCUT2D eigenvalue weighted by Gasteiger charge is 2.24. The van der Waals surface area contributed by atoms with Crippen LogP contribution in [-0.4, -0.2) is 6.54 Å². The van der Waals surface area contributed by atoms with Crippen LogP contribution in [0.1, 0.15) is 18.1 Å². The molecule has 0 aromatic heterocycles. The summed E-state index contributed by atoms with van der Waals surface area (Å²) in [5.74, 6) is 0.901. The quantitative estimate of drug-likeness (QED) is 0.609. The van der Waals surface area contributed by atoms with Crippen LogP contribution in [0, 0.1) is 6.67 Å². The Labute approximate surface area is 155 Å². The molecule has 3 aromatic rings. The number of rotatable bonds is 6. The summed E-state index contributed by atoms with van der Waals surface area (Å²) in [6, 6.07) is 27.2. The van der Waals surface area contributed by atoms with Gasteiger partial charge >= 0.3 is 0 Å². The number of nitrogens with zero attached hydrogens (tertiary/aromatic N) is 2. The summed E-state index contributed by atoms with van der Waals surface area (Å²) in [4.78, 5) is 4.59. The minimum absolute atomic E-state index is 0.596. The smallest absolute Gasteiger partial charge is 0.142 e. The van der Waals surface area contributed by atoms with Crippen LogP contribution in [0.5, 0.6) is 5.75 Å². The zero-order valence-corrected chi connectivity index (χ0v) is 15.0. The molecule has 0 bridgehead atoms. The van der Waals surface area contributed by atoms with E-state index >= 15 is 0 Å². The van der Waals surface area contributed by atoms with E-state index in [4.69, 9.17) is 4.74 Å². The average molecular weight is 343 g/mol. The van der Waals surface area contributed by atoms with Crippen molar-refractivity contribution < 1.29 is 4.74 Å². The highest BCUT2D eigenvalue weighted by Crippen LogP contribution is 2.38. The average Bonchev–Trinajstić information content (AvgIpc) is 3.06. The minimum atomic E-state index is 0.596. The maximum absolute atomic E-state index is 5.88. The van der Waals surface area contributed by atoms with Crippen LogP contribution < -0.4 is 14.5 Å². The summed E-state index contributed by atoms with van der Waals surface area (Å²) in [6.45, 7) is 6.80. The number of benzene rings is 3. The molecule has 4 rings (SSSR count). The number of hydrogen-bond donors (Lipinski definition) is 0. The van der Waals surface area contributed by atoms with Crippen molar-refractivity contribution in [3.05, 3.63) is 96.7 Å². The van der Waals surface area contributed by atoms with Gasteiger partial charge in [0.05, 0.1) is 11.4 Å². The van der Waals surface area contributed by atoms with Gasteiger partial charge in [-0.3, -0.25) is 0 Å². The Hall–Kier alpha value is -2.94. The van der Waals surface area contributed by atoms with Gasteiger partial charge in [0, 0.05) is 13.1 Å². The Morgan fingerprint density at radius 2 is 1.35 bits per heavy atom. The molecule has 0 fully saturated rings. The van der Waals surface area contributed by atoms with Crippen molar-refractivity contribution in [3.63, 3.8) is 0 Å². The third-order valence-electron chi connectivity index (χ3n) is 4.64. The van der Waals surface area contributed by atoms with Gasteiger partial charge in [0.1, 0.15) is 19.0 Å². The van der Waals surface area contributed by atoms with Crippen molar-refractivity contribution in [1.82, 2.24) is 0 Å². The molecule has 3 heteroatoms. The van der Waals surface area contributed by atoms with E-state index in [1.165, 1.54) is 22.5 Å². The Morgan fingerprint density at radius 1 is 0.692 bits per heavy atom. The molecular formula is C23H23N2O. The lowest BCUT2D eigenvalue weighted by Gasteiger charge is -2.19. The lowest BCUT2D eigenvalue weighted by atomic mass is 10.2. The fourth-order valence-electron chi connectivity index (χ4n) is 3.25. The molecule has 0 unspecified atom stereocenters. The molecule has 1 aliphatic rings. The molecule has 1 heterocycles. The number of hydrogen-bond acceptors (Lipinski definition) is 3. The largest absolute Gasteiger partial charge is 0.489 e. The zero-order chi connectivity index (χ0) is 17.8. The molecule has 3 nitrogen and oxygen atoms in total. The van der Waals surface area contributed by atoms with E-state index in [1.54, 1.807) is 0 Å². The zero-order valence-electron chi connectivity index (χ0n) is 15.0. The van der Waals surface area contributed by atoms with Crippen molar-refractivity contribution in [3.8, 4) is 5.75 Å². The van der Waals surface area contributed by atoms with Crippen LogP contribution in [0.2, 0.25) is 0 Å². The monoisotopic (exact) mass is 343 g/mol. The SMILES string of the molecule is CCN1[CH]N(Cc2ccc(OCc3ccccc3)cc2)c2ccccc21. The second-order valence-corrected chi connectivity index (χ2v) is 6.44. The third-order valence-corrected chi connectivity index (χ3v) is 4.64. The maximum atomic E-state index is 5.88. The molecular weight excluding hydrogens is 320 g/mol. The van der Waals surface area contributed by atoms with Crippen molar-refractivity contribution in [2.24, 2.45) is 0 Å². The van der Waals surface area contributed by atoms with Crippen LogP contribution in [0.3, 0.4) is 0 Å². The molecule has 0 aliphatic carbocycles. The molecule has 26 heavy (non-hydrogen) atoms. The topological polar surface area (TPSA) is 15.7 Å². The van der Waals surface area contributed by atoms with Gasteiger partial charge in [-0.25, -0.2) is 0 Å². The molecule has 1 radical (unpaired) electrons. The van der Waals surface area contributed by atoms with Crippen molar-refractivity contribution in [2.45, 2.75) is 20.1 Å². The highest BCUT2D eigenvalue weighted by molar-refractivity contribution is 5.78. The van der Waals surface area contributed by atoms with Crippen LogP contribution in [0.15, 0.2) is 78.9 Å². The lowest BCUT2D eigenvalue weighted by Crippen LogP contribution is -2.24. The van der Waals surface area contributed by atoms with Gasteiger partial charge in [-0.2, -0.15) is 0 Å². The molecule has 1 aliphatic heterocycles. The summed E-state index contributed by atoms with van der Waals surface area (Å²) in [6.07, 6.45) is 0. The van der Waals surface area contributed by atoms with Crippen molar-refractivity contribution in [1.29, 1.82) is 0 Å². The van der Waals surface area contributed by atoms with Crippen LogP contribution in [0.4, 0.5) is 11.4 Å². The van der Waals surface area contributed by atoms with Gasteiger partial charge in [-0.05, 0) is 42.3 Å². The van der Waals surface area contributed by atoms with E-state index < -0.39 is 0 Å². The van der Waals surface area contributed by atoms with E-state index in [-0.39, 0.29) is 0 Å². The van der Waals surface area contributed by atoms with Crippen molar-refractivity contribution in [2.75, 3.05) is 16.3 Å². The second kappa shape index (κ2) is 7.52. The Kier molecular flexibility index (Phi) is 4.78. The summed E-state index contributed by atoms with van der Waals surface area (Å²) in [7, 11) is 0. The summed E-state index contributed by atoms with van der Waals surface area (Å²) >= 11 is 0. The second-order valence-electron chi connectivity index (χ2n) is 6.44. The molecule has 0 saturated heterocycles. The first-order chi connectivity index (χ1) is 12.8. The molecule has 0 saturated carbocycles. The van der Waals surface area contributed by atoms with Gasteiger partial charge in [0.2, 0.25) is 0 Å². The molecule has 0 atom stereocenters. The van der Waals surface area contributed by atoms with Gasteiger partial charge in [-0.1, -0.05) is 54.6 Å². The third kappa shape index (κ3) is 3.52. The first-order valence-electron chi connectivity index (χ1n) is 9.06. The molecule has 0 amide bonds. The summed E-state index contributed by atoms with van der Waals surface area (Å²) in [5, 5.41) is 0. The first kappa shape index (κ1) is 16.5. The molecule has 0 N–H and O–H groups in total. The number of fused-ring (bicyclic) bond motifs is 1. The van der Waals surface area contributed by atoms with Gasteiger partial charge in [0.25, 0.3) is 0 Å². The predicted octanol–water partition coefficient (Wildman–Crippen LogP) is 5.23. The highest BCUT2D eigenvalue weighted by atomic mass is 16.5. The molecule has 131 valence electrons. The van der Waals surface area contributed by atoms with E-state index in [2.05, 4.69) is 84.1 Å². The number of ether oxygens (including phenoxy) is 1. The Morgan fingerprint density at radius 3 is 2.04 bits per heavy atom. The fourth-order valence-corrected chi connectivity index (χ4v) is 3.25. The molecule has 3 aromatic carbocycles. The van der Waals surface area contributed by atoms with Crippen molar-refractivity contribution >= 4 is 11.4 Å². The normalized spacial score (nSPS) is 13.0. The van der Waals surface area contributed by atoms with E-state index in [0.717, 1.165) is 18.8 Å². The van der Waals surface area contributed by atoms with Gasteiger partial charge in [-0.15, -0.1) is 0 Å². The minimum Gasteiger partial charge on any atom is -0.489 e. The van der Waals surface area contributed by atoms with E-state index in [0.29, 0.717) is 6.61 Å². The standard InChI is InChI=1S/C23H23N2O/c1-2-24-18-25(23-11-7-6-10-22(23)24)16-19-12-14-21(15-13-19)26-17-20-8-4-3-5-9-20/h3-15,18H,2,16-17H2,1H3. The van der Waals surface area contributed by atoms with Crippen LogP contribution in [-0.2, 0) is 13.2 Å².